The molecule has 0 aliphatic heterocycles. The van der Waals surface area contributed by atoms with Crippen molar-refractivity contribution in [3.05, 3.63) is 47.8 Å². The summed E-state index contributed by atoms with van der Waals surface area (Å²) in [5.41, 5.74) is 2.40. The average Bonchev–Trinajstić information content (AvgIpc) is 2.52. The van der Waals surface area contributed by atoms with E-state index < -0.39 is 0 Å². The van der Waals surface area contributed by atoms with Crippen molar-refractivity contribution in [1.29, 1.82) is 0 Å². The number of hydrogen-bond donors (Lipinski definition) is 1. The maximum Gasteiger partial charge on any atom is 0.251 e. The number of amides is 1. The van der Waals surface area contributed by atoms with Gasteiger partial charge >= 0.3 is 0 Å². The first kappa shape index (κ1) is 13.2. The summed E-state index contributed by atoms with van der Waals surface area (Å²) in [7, 11) is 1.59. The van der Waals surface area contributed by atoms with Gasteiger partial charge in [-0.1, -0.05) is 12.1 Å². The number of hydrogen-bond acceptors (Lipinski definition) is 4. The largest absolute Gasteiger partial charge is 0.355 e. The van der Waals surface area contributed by atoms with Crippen LogP contribution in [0.4, 0.5) is 0 Å². The van der Waals surface area contributed by atoms with Crippen LogP contribution in [0.1, 0.15) is 27.6 Å². The molecule has 0 bridgehead atoms. The van der Waals surface area contributed by atoms with Gasteiger partial charge in [-0.15, -0.1) is 0 Å². The average molecular weight is 279 g/mol. The first-order chi connectivity index (χ1) is 10.1. The highest BCUT2D eigenvalue weighted by molar-refractivity contribution is 6.16. The maximum atomic E-state index is 11.9. The fraction of sp³-hybridized carbons (Fsp3) is 0.125. The Kier molecular flexibility index (Phi) is 3.10. The number of rotatable bonds is 2. The zero-order valence-electron chi connectivity index (χ0n) is 11.7. The molecule has 0 atom stereocenters. The van der Waals surface area contributed by atoms with Crippen LogP contribution in [0.15, 0.2) is 36.7 Å². The van der Waals surface area contributed by atoms with Gasteiger partial charge in [-0.3, -0.25) is 19.6 Å². The molecule has 5 nitrogen and oxygen atoms in total. The van der Waals surface area contributed by atoms with Gasteiger partial charge in [-0.25, -0.2) is 0 Å². The molecule has 5 heteroatoms. The number of Topliss-reactive ketones (excluding diaryl/α,β-unsaturated/α-hetero) is 1. The lowest BCUT2D eigenvalue weighted by Crippen LogP contribution is -2.18. The topological polar surface area (TPSA) is 72.0 Å². The Morgan fingerprint density at radius 3 is 1.95 bits per heavy atom. The second-order valence-electron chi connectivity index (χ2n) is 4.71. The molecule has 21 heavy (non-hydrogen) atoms. The standard InChI is InChI=1S/C16H13N3O2/c1-9(20)10-5-7-18-14-11(10)3-4-12-13(16(21)17-2)6-8-19-15(12)14/h3-8H,1-2H3,(H,17,21). The number of nitrogens with one attached hydrogen (secondary N) is 1. The van der Waals surface area contributed by atoms with E-state index in [2.05, 4.69) is 15.3 Å². The Hall–Kier alpha value is -2.82. The summed E-state index contributed by atoms with van der Waals surface area (Å²) in [5.74, 6) is -0.200. The lowest BCUT2D eigenvalue weighted by Gasteiger charge is -2.08. The van der Waals surface area contributed by atoms with E-state index in [0.29, 0.717) is 22.2 Å². The van der Waals surface area contributed by atoms with E-state index >= 15 is 0 Å². The molecule has 0 saturated carbocycles. The van der Waals surface area contributed by atoms with Crippen LogP contribution in [0.5, 0.6) is 0 Å². The SMILES string of the molecule is CNC(=O)c1ccnc2c1ccc1c(C(C)=O)ccnc12. The second kappa shape index (κ2) is 4.94. The van der Waals surface area contributed by atoms with Crippen LogP contribution in [0.3, 0.4) is 0 Å². The second-order valence-corrected chi connectivity index (χ2v) is 4.71. The van der Waals surface area contributed by atoms with Crippen LogP contribution in [0.25, 0.3) is 21.8 Å². The number of nitrogens with zero attached hydrogens (tertiary/aromatic N) is 2. The third-order valence-electron chi connectivity index (χ3n) is 3.47. The molecule has 3 aromatic rings. The van der Waals surface area contributed by atoms with Crippen LogP contribution in [-0.4, -0.2) is 28.7 Å². The smallest absolute Gasteiger partial charge is 0.251 e. The van der Waals surface area contributed by atoms with Gasteiger partial charge in [0.05, 0.1) is 16.6 Å². The van der Waals surface area contributed by atoms with Crippen LogP contribution in [0, 0.1) is 0 Å². The van der Waals surface area contributed by atoms with E-state index in [0.717, 1.165) is 10.8 Å². The first-order valence-electron chi connectivity index (χ1n) is 6.53. The van der Waals surface area contributed by atoms with Crippen LogP contribution in [-0.2, 0) is 0 Å². The highest BCUT2D eigenvalue weighted by Crippen LogP contribution is 2.26. The number of benzene rings is 1. The van der Waals surface area contributed by atoms with Crippen molar-refractivity contribution < 1.29 is 9.59 Å². The van der Waals surface area contributed by atoms with Crippen molar-refractivity contribution in [3.63, 3.8) is 0 Å². The molecule has 1 amide bonds. The Morgan fingerprint density at radius 2 is 1.43 bits per heavy atom. The molecule has 0 aliphatic rings. The molecule has 2 aromatic heterocycles. The Labute approximate surface area is 121 Å². The molecule has 3 rings (SSSR count). The van der Waals surface area contributed by atoms with Gasteiger partial charge < -0.3 is 5.32 Å². The van der Waals surface area contributed by atoms with Crippen molar-refractivity contribution in [2.75, 3.05) is 7.05 Å². The van der Waals surface area contributed by atoms with Gasteiger partial charge in [0.2, 0.25) is 0 Å². The van der Waals surface area contributed by atoms with Crippen molar-refractivity contribution >= 4 is 33.5 Å². The molecule has 0 aliphatic carbocycles. The lowest BCUT2D eigenvalue weighted by molar-refractivity contribution is 0.0963. The molecule has 0 unspecified atom stereocenters. The Morgan fingerprint density at radius 1 is 0.905 bits per heavy atom. The summed E-state index contributed by atoms with van der Waals surface area (Å²) in [6.07, 6.45) is 3.17. The molecule has 2 heterocycles. The van der Waals surface area contributed by atoms with Gasteiger partial charge in [-0.2, -0.15) is 0 Å². The predicted octanol–water partition coefficient (Wildman–Crippen LogP) is 2.35. The van der Waals surface area contributed by atoms with Gasteiger partial charge in [-0.05, 0) is 19.1 Å². The molecule has 0 radical (unpaired) electrons. The van der Waals surface area contributed by atoms with Crippen molar-refractivity contribution in [1.82, 2.24) is 15.3 Å². The highest BCUT2D eigenvalue weighted by Gasteiger charge is 2.14. The van der Waals surface area contributed by atoms with Crippen molar-refractivity contribution in [2.24, 2.45) is 0 Å². The fourth-order valence-electron chi connectivity index (χ4n) is 2.47. The van der Waals surface area contributed by atoms with Gasteiger partial charge in [0.1, 0.15) is 0 Å². The number of fused-ring (bicyclic) bond motifs is 3. The molecule has 0 spiro atoms. The minimum absolute atomic E-state index is 0.0239. The van der Waals surface area contributed by atoms with Gasteiger partial charge in [0.15, 0.2) is 5.78 Å². The number of carbonyl (C=O) groups is 2. The molecular weight excluding hydrogens is 266 g/mol. The van der Waals surface area contributed by atoms with Gasteiger partial charge in [0.25, 0.3) is 5.91 Å². The van der Waals surface area contributed by atoms with Crippen LogP contribution >= 0.6 is 0 Å². The minimum atomic E-state index is -0.176. The molecule has 104 valence electrons. The zero-order valence-corrected chi connectivity index (χ0v) is 11.7. The normalized spacial score (nSPS) is 10.8. The monoisotopic (exact) mass is 279 g/mol. The van der Waals surface area contributed by atoms with Gasteiger partial charge in [0, 0.05) is 35.8 Å². The quantitative estimate of drug-likeness (QED) is 0.577. The molecule has 1 N–H and O–H groups in total. The highest BCUT2D eigenvalue weighted by atomic mass is 16.1. The summed E-state index contributed by atoms with van der Waals surface area (Å²) in [6.45, 7) is 1.52. The lowest BCUT2D eigenvalue weighted by atomic mass is 10.0. The van der Waals surface area contributed by atoms with Crippen LogP contribution < -0.4 is 5.32 Å². The third-order valence-corrected chi connectivity index (χ3v) is 3.47. The first-order valence-corrected chi connectivity index (χ1v) is 6.53. The summed E-state index contributed by atoms with van der Waals surface area (Å²) >= 11 is 0. The fourth-order valence-corrected chi connectivity index (χ4v) is 2.47. The zero-order chi connectivity index (χ0) is 15.0. The predicted molar refractivity (Wildman–Crippen MR) is 80.4 cm³/mol. The number of pyridine rings is 2. The van der Waals surface area contributed by atoms with E-state index in [-0.39, 0.29) is 11.7 Å². The maximum absolute atomic E-state index is 11.9. The molecule has 0 saturated heterocycles. The molecular formula is C16H13N3O2. The summed E-state index contributed by atoms with van der Waals surface area (Å²) in [4.78, 5) is 32.3. The summed E-state index contributed by atoms with van der Waals surface area (Å²) in [6, 6.07) is 6.99. The van der Waals surface area contributed by atoms with E-state index in [1.807, 2.05) is 12.1 Å². The van der Waals surface area contributed by atoms with Crippen molar-refractivity contribution in [3.8, 4) is 0 Å². The van der Waals surface area contributed by atoms with E-state index in [1.54, 1.807) is 31.6 Å². The van der Waals surface area contributed by atoms with Crippen molar-refractivity contribution in [2.45, 2.75) is 6.92 Å². The van der Waals surface area contributed by atoms with E-state index in [1.165, 1.54) is 6.92 Å². The third kappa shape index (κ3) is 2.03. The Bertz CT molecular complexity index is 887. The summed E-state index contributed by atoms with van der Waals surface area (Å²) in [5, 5.41) is 4.08. The minimum Gasteiger partial charge on any atom is -0.355 e. The van der Waals surface area contributed by atoms with E-state index in [4.69, 9.17) is 0 Å². The molecule has 0 fully saturated rings. The number of carbonyl (C=O) groups excluding carboxylic acids is 2. The summed E-state index contributed by atoms with van der Waals surface area (Å²) < 4.78 is 0. The van der Waals surface area contributed by atoms with Crippen LogP contribution in [0.2, 0.25) is 0 Å². The number of ketones is 1. The molecule has 1 aromatic carbocycles. The Balaban J connectivity index is 2.43. The number of aromatic nitrogens is 2. The van der Waals surface area contributed by atoms with E-state index in [9.17, 15) is 9.59 Å².